The van der Waals surface area contributed by atoms with Crippen LogP contribution < -0.4 is 10.6 Å². The van der Waals surface area contributed by atoms with Gasteiger partial charge in [-0.3, -0.25) is 9.59 Å². The maximum Gasteiger partial charge on any atom is 0.394 e. The number of hydrogen-bond acceptors (Lipinski definition) is 4. The molecule has 0 unspecified atom stereocenters. The quantitative estimate of drug-likeness (QED) is 0.588. The van der Waals surface area contributed by atoms with Crippen LogP contribution in [-0.2, 0) is 14.4 Å². The number of aliphatic carboxylic acids is 1. The van der Waals surface area contributed by atoms with E-state index in [0.717, 1.165) is 32.2 Å². The van der Waals surface area contributed by atoms with Gasteiger partial charge in [0.25, 0.3) is 0 Å². The van der Waals surface area contributed by atoms with Gasteiger partial charge in [-0.15, -0.1) is 0 Å². The number of nitrogens with one attached hydrogen (secondary N) is 2. The molecule has 0 aromatic heterocycles. The van der Waals surface area contributed by atoms with Gasteiger partial charge in [0, 0.05) is 19.6 Å². The zero-order valence-electron chi connectivity index (χ0n) is 11.4. The maximum atomic E-state index is 11.9. The summed E-state index contributed by atoms with van der Waals surface area (Å²) >= 11 is 0. The second kappa shape index (κ2) is 6.69. The van der Waals surface area contributed by atoms with Crippen molar-refractivity contribution in [2.75, 3.05) is 26.2 Å². The van der Waals surface area contributed by atoms with Crippen molar-refractivity contribution in [3.05, 3.63) is 0 Å². The van der Waals surface area contributed by atoms with Crippen LogP contribution >= 0.6 is 0 Å². The highest BCUT2D eigenvalue weighted by Gasteiger charge is 2.28. The molecule has 20 heavy (non-hydrogen) atoms. The zero-order chi connectivity index (χ0) is 14.5. The van der Waals surface area contributed by atoms with Crippen LogP contribution in [0.2, 0.25) is 0 Å². The van der Waals surface area contributed by atoms with Gasteiger partial charge in [-0.25, -0.2) is 4.79 Å². The Bertz CT molecular complexity index is 393. The van der Waals surface area contributed by atoms with E-state index in [2.05, 4.69) is 10.6 Å². The monoisotopic (exact) mass is 283 g/mol. The molecule has 2 heterocycles. The van der Waals surface area contributed by atoms with Crippen molar-refractivity contribution in [3.63, 3.8) is 0 Å². The first kappa shape index (κ1) is 14.8. The second-order valence-corrected chi connectivity index (χ2v) is 5.46. The number of likely N-dealkylation sites (tertiary alicyclic amines) is 1. The third-order valence-electron chi connectivity index (χ3n) is 3.93. The molecular weight excluding hydrogens is 262 g/mol. The molecule has 2 fully saturated rings. The molecular formula is C13H21N3O4. The third kappa shape index (κ3) is 3.69. The molecule has 0 spiro atoms. The van der Waals surface area contributed by atoms with Crippen molar-refractivity contribution in [1.82, 2.24) is 15.5 Å². The summed E-state index contributed by atoms with van der Waals surface area (Å²) in [6.07, 6.45) is 3.56. The lowest BCUT2D eigenvalue weighted by Gasteiger charge is -2.31. The lowest BCUT2D eigenvalue weighted by molar-refractivity contribution is -0.156. The van der Waals surface area contributed by atoms with Gasteiger partial charge in [0.2, 0.25) is 5.91 Å². The van der Waals surface area contributed by atoms with Crippen molar-refractivity contribution >= 4 is 17.8 Å². The number of amides is 2. The molecule has 0 radical (unpaired) electrons. The Balaban J connectivity index is 1.76. The normalized spacial score (nSPS) is 26.3. The molecule has 7 heteroatoms. The van der Waals surface area contributed by atoms with Crippen LogP contribution in [0.3, 0.4) is 0 Å². The fourth-order valence-electron chi connectivity index (χ4n) is 2.83. The minimum absolute atomic E-state index is 0.00387. The minimum Gasteiger partial charge on any atom is -0.474 e. The highest BCUT2D eigenvalue weighted by Crippen LogP contribution is 2.16. The first-order valence-corrected chi connectivity index (χ1v) is 7.11. The zero-order valence-corrected chi connectivity index (χ0v) is 11.4. The second-order valence-electron chi connectivity index (χ2n) is 5.46. The molecule has 2 aliphatic rings. The fourth-order valence-corrected chi connectivity index (χ4v) is 2.83. The van der Waals surface area contributed by atoms with E-state index in [1.165, 1.54) is 4.90 Å². The molecule has 112 valence electrons. The smallest absolute Gasteiger partial charge is 0.394 e. The summed E-state index contributed by atoms with van der Waals surface area (Å²) in [7, 11) is 0. The van der Waals surface area contributed by atoms with Gasteiger partial charge in [-0.1, -0.05) is 0 Å². The number of carbonyl (C=O) groups excluding carboxylic acids is 2. The molecule has 2 atom stereocenters. The van der Waals surface area contributed by atoms with Gasteiger partial charge in [-0.05, 0) is 38.1 Å². The van der Waals surface area contributed by atoms with Gasteiger partial charge in [0.05, 0.1) is 6.04 Å². The number of carboxylic acid groups (broad SMARTS) is 1. The van der Waals surface area contributed by atoms with Crippen LogP contribution in [0, 0.1) is 5.92 Å². The lowest BCUT2D eigenvalue weighted by Crippen LogP contribution is -2.48. The van der Waals surface area contributed by atoms with Gasteiger partial charge >= 0.3 is 11.9 Å². The van der Waals surface area contributed by atoms with E-state index < -0.39 is 11.9 Å². The van der Waals surface area contributed by atoms with Gasteiger partial charge in [0.15, 0.2) is 0 Å². The van der Waals surface area contributed by atoms with Crippen LogP contribution in [0.1, 0.15) is 25.7 Å². The van der Waals surface area contributed by atoms with E-state index in [1.807, 2.05) is 0 Å². The van der Waals surface area contributed by atoms with E-state index in [-0.39, 0.29) is 17.9 Å². The number of carbonyl (C=O) groups is 3. The van der Waals surface area contributed by atoms with Crippen molar-refractivity contribution in [1.29, 1.82) is 0 Å². The molecule has 2 rings (SSSR count). The van der Waals surface area contributed by atoms with Crippen molar-refractivity contribution in [2.45, 2.75) is 31.7 Å². The molecule has 7 nitrogen and oxygen atoms in total. The predicted molar refractivity (Wildman–Crippen MR) is 71.0 cm³/mol. The van der Waals surface area contributed by atoms with Crippen LogP contribution in [0.25, 0.3) is 0 Å². The number of piperidine rings is 1. The Hall–Kier alpha value is -1.63. The number of rotatable bonds is 3. The average Bonchev–Trinajstić information content (AvgIpc) is 2.98. The topological polar surface area (TPSA) is 98.7 Å². The fraction of sp³-hybridized carbons (Fsp3) is 0.769. The molecule has 3 N–H and O–H groups in total. The lowest BCUT2D eigenvalue weighted by atomic mass is 9.97. The van der Waals surface area contributed by atoms with E-state index >= 15 is 0 Å². The van der Waals surface area contributed by atoms with Gasteiger partial charge < -0.3 is 20.6 Å². The average molecular weight is 283 g/mol. The summed E-state index contributed by atoms with van der Waals surface area (Å²) in [6, 6.07) is -0.102. The highest BCUT2D eigenvalue weighted by atomic mass is 16.4. The largest absolute Gasteiger partial charge is 0.474 e. The molecule has 0 aliphatic carbocycles. The van der Waals surface area contributed by atoms with Crippen molar-refractivity contribution in [2.24, 2.45) is 5.92 Å². The van der Waals surface area contributed by atoms with E-state index in [1.54, 1.807) is 0 Å². The highest BCUT2D eigenvalue weighted by molar-refractivity contribution is 6.31. The van der Waals surface area contributed by atoms with E-state index in [0.29, 0.717) is 19.6 Å². The number of carboxylic acids is 1. The summed E-state index contributed by atoms with van der Waals surface area (Å²) in [5.74, 6) is -2.12. The Morgan fingerprint density at radius 2 is 2.05 bits per heavy atom. The number of nitrogens with zero attached hydrogens (tertiary/aromatic N) is 1. The molecule has 2 amide bonds. The predicted octanol–water partition coefficient (Wildman–Crippen LogP) is -0.822. The first-order chi connectivity index (χ1) is 9.58. The summed E-state index contributed by atoms with van der Waals surface area (Å²) in [6.45, 7) is 2.27. The van der Waals surface area contributed by atoms with Crippen LogP contribution in [0.4, 0.5) is 0 Å². The maximum absolute atomic E-state index is 11.9. The van der Waals surface area contributed by atoms with E-state index in [9.17, 15) is 14.4 Å². The summed E-state index contributed by atoms with van der Waals surface area (Å²) in [5, 5.41) is 14.7. The SMILES string of the molecule is O=C(O)C(=O)N1CCC[C@H](CNC(=O)[C@@H]2CCCN2)C1. The Labute approximate surface area is 117 Å². The molecule has 0 saturated carbocycles. The van der Waals surface area contributed by atoms with E-state index in [4.69, 9.17) is 5.11 Å². The van der Waals surface area contributed by atoms with Crippen molar-refractivity contribution < 1.29 is 19.5 Å². The third-order valence-corrected chi connectivity index (χ3v) is 3.93. The molecule has 0 aromatic rings. The molecule has 2 saturated heterocycles. The summed E-state index contributed by atoms with van der Waals surface area (Å²) < 4.78 is 0. The Kier molecular flexibility index (Phi) is 4.94. The minimum atomic E-state index is -1.41. The molecule has 0 bridgehead atoms. The Morgan fingerprint density at radius 3 is 2.70 bits per heavy atom. The number of hydrogen-bond donors (Lipinski definition) is 3. The standard InChI is InChI=1S/C13H21N3O4/c17-11(10-4-1-5-14-10)15-7-9-3-2-6-16(8-9)12(18)13(19)20/h9-10,14H,1-8H2,(H,15,17)(H,19,20)/t9-,10+/m1/s1. The summed E-state index contributed by atoms with van der Waals surface area (Å²) in [4.78, 5) is 35.3. The van der Waals surface area contributed by atoms with Gasteiger partial charge in [-0.2, -0.15) is 0 Å². The summed E-state index contributed by atoms with van der Waals surface area (Å²) in [5.41, 5.74) is 0. The van der Waals surface area contributed by atoms with Crippen LogP contribution in [0.5, 0.6) is 0 Å². The Morgan fingerprint density at radius 1 is 1.25 bits per heavy atom. The molecule has 0 aromatic carbocycles. The van der Waals surface area contributed by atoms with Crippen LogP contribution in [0.15, 0.2) is 0 Å². The first-order valence-electron chi connectivity index (χ1n) is 7.11. The van der Waals surface area contributed by atoms with Crippen LogP contribution in [-0.4, -0.2) is 60.0 Å². The van der Waals surface area contributed by atoms with Crippen molar-refractivity contribution in [3.8, 4) is 0 Å². The molecule has 2 aliphatic heterocycles. The van der Waals surface area contributed by atoms with Gasteiger partial charge in [0.1, 0.15) is 0 Å².